The number of piperazine rings is 1. The number of nitrogens with two attached hydrogens (primary N) is 1. The van der Waals surface area contributed by atoms with Crippen molar-refractivity contribution in [1.82, 2.24) is 10.2 Å². The molecule has 2 aromatic carbocycles. The maximum Gasteiger partial charge on any atom is 0.416 e. The lowest BCUT2D eigenvalue weighted by Crippen LogP contribution is -2.52. The van der Waals surface area contributed by atoms with E-state index in [2.05, 4.69) is 10.2 Å². The van der Waals surface area contributed by atoms with E-state index in [4.69, 9.17) is 11.1 Å². The highest BCUT2D eigenvalue weighted by atomic mass is 19.4. The molecule has 3 fully saturated rings. The third kappa shape index (κ3) is 5.78. The topological polar surface area (TPSA) is 88.5 Å². The fourth-order valence-electron chi connectivity index (χ4n) is 7.01. The predicted octanol–water partition coefficient (Wildman–Crippen LogP) is 4.71. The van der Waals surface area contributed by atoms with E-state index in [0.29, 0.717) is 41.9 Å². The van der Waals surface area contributed by atoms with E-state index in [-0.39, 0.29) is 29.9 Å². The van der Waals surface area contributed by atoms with Gasteiger partial charge in [-0.1, -0.05) is 12.1 Å². The number of fused-ring (bicyclic) bond motifs is 1. The van der Waals surface area contributed by atoms with Gasteiger partial charge in [0.05, 0.1) is 19.2 Å². The van der Waals surface area contributed by atoms with Gasteiger partial charge in [0.25, 0.3) is 5.91 Å². The van der Waals surface area contributed by atoms with Crippen molar-refractivity contribution in [2.24, 2.45) is 11.7 Å². The normalized spacial score (nSPS) is 23.9. The third-order valence-electron chi connectivity index (χ3n) is 9.42. The van der Waals surface area contributed by atoms with E-state index in [0.717, 1.165) is 19.4 Å². The molecule has 0 spiro atoms. The highest BCUT2D eigenvalue weighted by molar-refractivity contribution is 6.10. The van der Waals surface area contributed by atoms with Gasteiger partial charge >= 0.3 is 6.18 Å². The molecular formula is C31H36F5N6O+. The van der Waals surface area contributed by atoms with Crippen molar-refractivity contribution in [3.8, 4) is 0 Å². The Labute approximate surface area is 247 Å². The molecule has 43 heavy (non-hydrogen) atoms. The Morgan fingerprint density at radius 2 is 1.95 bits per heavy atom. The molecule has 1 saturated heterocycles. The maximum absolute atomic E-state index is 14.3. The minimum Gasteiger partial charge on any atom is -0.322 e. The highest BCUT2D eigenvalue weighted by Crippen LogP contribution is 2.56. The minimum atomic E-state index is -4.64. The number of halogens is 5. The van der Waals surface area contributed by atoms with Crippen LogP contribution in [-0.2, 0) is 24.7 Å². The number of amidine groups is 1. The lowest BCUT2D eigenvalue weighted by atomic mass is 9.60. The molecule has 2 aliphatic carbocycles. The first-order chi connectivity index (χ1) is 20.3. The first-order valence-corrected chi connectivity index (χ1v) is 14.6. The first-order valence-electron chi connectivity index (χ1n) is 14.6. The van der Waals surface area contributed by atoms with Crippen molar-refractivity contribution in [2.75, 3.05) is 31.6 Å². The van der Waals surface area contributed by atoms with Crippen LogP contribution in [0.5, 0.6) is 0 Å². The van der Waals surface area contributed by atoms with Crippen LogP contribution in [0.2, 0.25) is 0 Å². The second-order valence-corrected chi connectivity index (χ2v) is 12.6. The number of alkyl halides is 5. The number of carbonyl (C=O) groups excluding carboxylic acids is 1. The zero-order chi connectivity index (χ0) is 30.7. The SMILES string of the molecule is C[N+](C=N)=C(N)CC1(c2cccc(N3Cc4c(cc(CN5CCN[C@H](C6CC6)C5)cc4C(F)(F)F)C3=O)c2)CC(F)(F)C1. The molecule has 0 unspecified atom stereocenters. The second kappa shape index (κ2) is 10.7. The van der Waals surface area contributed by atoms with E-state index in [1.165, 1.54) is 28.4 Å². The summed E-state index contributed by atoms with van der Waals surface area (Å²) in [5, 5.41) is 10.9. The highest BCUT2D eigenvalue weighted by Gasteiger charge is 2.58. The molecule has 0 radical (unpaired) electrons. The number of nitrogens with one attached hydrogen (secondary N) is 2. The van der Waals surface area contributed by atoms with Gasteiger partial charge in [0.15, 0.2) is 5.84 Å². The molecule has 4 N–H and O–H groups in total. The van der Waals surface area contributed by atoms with Crippen LogP contribution in [0.4, 0.5) is 27.6 Å². The molecule has 1 amide bonds. The molecule has 4 aliphatic rings. The van der Waals surface area contributed by atoms with E-state index in [9.17, 15) is 26.7 Å². The molecule has 2 saturated carbocycles. The van der Waals surface area contributed by atoms with Gasteiger partial charge in [-0.15, -0.1) is 0 Å². The van der Waals surface area contributed by atoms with Gasteiger partial charge in [-0.25, -0.2) is 13.4 Å². The van der Waals surface area contributed by atoms with Crippen LogP contribution in [0.1, 0.15) is 64.7 Å². The zero-order valence-corrected chi connectivity index (χ0v) is 24.0. The van der Waals surface area contributed by atoms with Crippen molar-refractivity contribution in [3.05, 3.63) is 64.2 Å². The van der Waals surface area contributed by atoms with Crippen LogP contribution in [0.3, 0.4) is 0 Å². The number of hydrogen-bond donors (Lipinski definition) is 3. The average Bonchev–Trinajstić information content (AvgIpc) is 3.74. The van der Waals surface area contributed by atoms with Crippen molar-refractivity contribution < 1.29 is 31.3 Å². The summed E-state index contributed by atoms with van der Waals surface area (Å²) in [6.45, 7) is 2.30. The van der Waals surface area contributed by atoms with Gasteiger partial charge in [-0.2, -0.15) is 18.6 Å². The van der Waals surface area contributed by atoms with Gasteiger partial charge in [-0.3, -0.25) is 9.69 Å². The Morgan fingerprint density at radius 1 is 1.21 bits per heavy atom. The Balaban J connectivity index is 1.30. The zero-order valence-electron chi connectivity index (χ0n) is 24.0. The van der Waals surface area contributed by atoms with E-state index < -0.39 is 41.8 Å². The van der Waals surface area contributed by atoms with Gasteiger partial charge < -0.3 is 16.0 Å². The molecule has 1 atom stereocenters. The summed E-state index contributed by atoms with van der Waals surface area (Å²) in [6, 6.07) is 9.64. The molecule has 2 aromatic rings. The lowest BCUT2D eigenvalue weighted by molar-refractivity contribution is -0.365. The van der Waals surface area contributed by atoms with Crippen molar-refractivity contribution in [1.29, 1.82) is 5.41 Å². The van der Waals surface area contributed by atoms with E-state index in [1.54, 1.807) is 37.4 Å². The second-order valence-electron chi connectivity index (χ2n) is 12.6. The number of amides is 1. The Bertz CT molecular complexity index is 1480. The fourth-order valence-corrected chi connectivity index (χ4v) is 7.01. The number of carbonyl (C=O) groups is 1. The van der Waals surface area contributed by atoms with Crippen LogP contribution in [0.25, 0.3) is 0 Å². The summed E-state index contributed by atoms with van der Waals surface area (Å²) in [6.07, 6.45) is -2.15. The van der Waals surface area contributed by atoms with E-state index >= 15 is 0 Å². The monoisotopic (exact) mass is 603 g/mol. The third-order valence-corrected chi connectivity index (χ3v) is 9.42. The minimum absolute atomic E-state index is 0.0270. The molecule has 2 heterocycles. The van der Waals surface area contributed by atoms with Crippen LogP contribution < -0.4 is 16.0 Å². The van der Waals surface area contributed by atoms with Gasteiger partial charge in [0, 0.05) is 68.1 Å². The lowest BCUT2D eigenvalue weighted by Gasteiger charge is -2.47. The first kappa shape index (κ1) is 29.7. The maximum atomic E-state index is 14.3. The predicted molar refractivity (Wildman–Crippen MR) is 153 cm³/mol. The summed E-state index contributed by atoms with van der Waals surface area (Å²) < 4.78 is 72.8. The Kier molecular flexibility index (Phi) is 7.36. The van der Waals surface area contributed by atoms with Crippen LogP contribution in [0.15, 0.2) is 36.4 Å². The van der Waals surface area contributed by atoms with Crippen molar-refractivity contribution >= 4 is 23.8 Å². The van der Waals surface area contributed by atoms with Gasteiger partial charge in [0.1, 0.15) is 0 Å². The average molecular weight is 604 g/mol. The molecular weight excluding hydrogens is 567 g/mol. The summed E-state index contributed by atoms with van der Waals surface area (Å²) in [5.41, 5.74) is 5.56. The quantitative estimate of drug-likeness (QED) is 0.177. The summed E-state index contributed by atoms with van der Waals surface area (Å²) in [5.74, 6) is -2.56. The molecule has 7 nitrogen and oxygen atoms in total. The van der Waals surface area contributed by atoms with Crippen molar-refractivity contribution in [3.63, 3.8) is 0 Å². The molecule has 0 bridgehead atoms. The Morgan fingerprint density at radius 3 is 2.60 bits per heavy atom. The number of benzene rings is 2. The number of rotatable bonds is 8. The van der Waals surface area contributed by atoms with Crippen LogP contribution in [-0.4, -0.2) is 66.2 Å². The van der Waals surface area contributed by atoms with Crippen LogP contribution in [0, 0.1) is 11.3 Å². The standard InChI is InChI=1S/C31H35F5N6O/c1-40(18-37)27(38)12-29(16-30(32,33)17-29)21-3-2-4-22(11-21)42-14-24-23(28(42)43)9-19(10-25(24)31(34,35)36)13-41-8-7-39-26(15-41)20-5-6-20/h2-4,9-11,18,20,26,37-39H,5-8,12-17H2,1H3/p+1/t26-/m0/s1. The molecule has 2 aliphatic heterocycles. The number of hydrogen-bond acceptors (Lipinski definition) is 4. The summed E-state index contributed by atoms with van der Waals surface area (Å²) in [7, 11) is 1.56. The summed E-state index contributed by atoms with van der Waals surface area (Å²) in [4.78, 5) is 17.1. The fraction of sp³-hybridized carbons (Fsp3) is 0.516. The molecule has 6 rings (SSSR count). The number of anilines is 1. The van der Waals surface area contributed by atoms with Gasteiger partial charge in [0.2, 0.25) is 12.3 Å². The van der Waals surface area contributed by atoms with Crippen molar-refractivity contribution in [2.45, 2.75) is 68.7 Å². The number of nitrogens with zero attached hydrogens (tertiary/aromatic N) is 3. The summed E-state index contributed by atoms with van der Waals surface area (Å²) >= 11 is 0. The molecule has 0 aromatic heterocycles. The largest absolute Gasteiger partial charge is 0.416 e. The van der Waals surface area contributed by atoms with Crippen LogP contribution >= 0.6 is 0 Å². The Hall–Kier alpha value is -3.38. The molecule has 12 heteroatoms. The van der Waals surface area contributed by atoms with Gasteiger partial charge in [-0.05, 0) is 59.7 Å². The smallest absolute Gasteiger partial charge is 0.322 e. The van der Waals surface area contributed by atoms with E-state index in [1.807, 2.05) is 0 Å². The molecule has 230 valence electrons.